The number of nitrogens with zero attached hydrogens (tertiary/aromatic N) is 1. The molecule has 0 bridgehead atoms. The van der Waals surface area contributed by atoms with Gasteiger partial charge in [0.15, 0.2) is 0 Å². The number of hydrogen-bond donors (Lipinski definition) is 3. The molecule has 2 rings (SSSR count). The molecule has 0 aliphatic heterocycles. The van der Waals surface area contributed by atoms with Crippen molar-refractivity contribution in [1.82, 2.24) is 4.98 Å². The zero-order valence-corrected chi connectivity index (χ0v) is 11.2. The molecule has 0 saturated heterocycles. The maximum Gasteiger partial charge on any atom is 0.127 e. The summed E-state index contributed by atoms with van der Waals surface area (Å²) >= 11 is 0. The summed E-state index contributed by atoms with van der Waals surface area (Å²) in [4.78, 5) is 4.17. The summed E-state index contributed by atoms with van der Waals surface area (Å²) in [6.45, 7) is 2.83. The molecule has 0 aromatic carbocycles. The van der Waals surface area contributed by atoms with Gasteiger partial charge in [-0.05, 0) is 24.8 Å². The molecule has 1 aliphatic carbocycles. The second kappa shape index (κ2) is 5.57. The van der Waals surface area contributed by atoms with Crippen LogP contribution < -0.4 is 10.6 Å². The van der Waals surface area contributed by atoms with Crippen LogP contribution in [0.3, 0.4) is 0 Å². The highest BCUT2D eigenvalue weighted by Gasteiger charge is 2.32. The van der Waals surface area contributed by atoms with Crippen LogP contribution in [-0.2, 0) is 0 Å². The van der Waals surface area contributed by atoms with E-state index < -0.39 is 5.60 Å². The van der Waals surface area contributed by atoms with Crippen LogP contribution in [0.5, 0.6) is 0 Å². The highest BCUT2D eigenvalue weighted by molar-refractivity contribution is 5.51. The third-order valence-corrected chi connectivity index (χ3v) is 3.71. The molecule has 1 heterocycles. The Morgan fingerprint density at radius 2 is 2.39 bits per heavy atom. The summed E-state index contributed by atoms with van der Waals surface area (Å²) < 4.78 is 0. The van der Waals surface area contributed by atoms with Crippen molar-refractivity contribution >= 4 is 11.5 Å². The molecule has 100 valence electrons. The van der Waals surface area contributed by atoms with Crippen molar-refractivity contribution < 1.29 is 5.11 Å². The zero-order chi connectivity index (χ0) is 13.0. The summed E-state index contributed by atoms with van der Waals surface area (Å²) in [5.74, 6) is 1.46. The van der Waals surface area contributed by atoms with Gasteiger partial charge >= 0.3 is 0 Å². The van der Waals surface area contributed by atoms with Crippen LogP contribution in [0, 0.1) is 5.92 Å². The number of aliphatic hydroxyl groups is 1. The first-order chi connectivity index (χ1) is 8.61. The monoisotopic (exact) mass is 249 g/mol. The molecular formula is C14H23N3O. The second-order valence-corrected chi connectivity index (χ2v) is 5.46. The van der Waals surface area contributed by atoms with Crippen LogP contribution in [0.15, 0.2) is 18.3 Å². The van der Waals surface area contributed by atoms with E-state index >= 15 is 0 Å². The first-order valence-corrected chi connectivity index (χ1v) is 6.71. The first-order valence-electron chi connectivity index (χ1n) is 6.71. The fourth-order valence-electron chi connectivity index (χ4n) is 2.74. The number of anilines is 2. The number of hydrogen-bond acceptors (Lipinski definition) is 4. The molecule has 1 fully saturated rings. The van der Waals surface area contributed by atoms with Gasteiger partial charge in [0.1, 0.15) is 5.82 Å². The van der Waals surface area contributed by atoms with Crippen molar-refractivity contribution in [3.8, 4) is 0 Å². The average molecular weight is 249 g/mol. The SMILES string of the molecule is CNc1cc(NCC2(O)CCCC(C)C2)ccn1. The second-order valence-electron chi connectivity index (χ2n) is 5.46. The Kier molecular flexibility index (Phi) is 4.07. The Hall–Kier alpha value is -1.29. The third-order valence-electron chi connectivity index (χ3n) is 3.71. The lowest BCUT2D eigenvalue weighted by Crippen LogP contribution is -2.41. The molecule has 3 N–H and O–H groups in total. The topological polar surface area (TPSA) is 57.2 Å². The zero-order valence-electron chi connectivity index (χ0n) is 11.2. The fraction of sp³-hybridized carbons (Fsp3) is 0.643. The number of aromatic nitrogens is 1. The average Bonchev–Trinajstić information content (AvgIpc) is 2.37. The lowest BCUT2D eigenvalue weighted by atomic mass is 9.79. The van der Waals surface area contributed by atoms with Gasteiger partial charge in [0, 0.05) is 31.5 Å². The van der Waals surface area contributed by atoms with E-state index in [4.69, 9.17) is 0 Å². The minimum absolute atomic E-state index is 0.555. The molecule has 2 atom stereocenters. The largest absolute Gasteiger partial charge is 0.388 e. The van der Waals surface area contributed by atoms with Gasteiger partial charge in [-0.1, -0.05) is 19.8 Å². The van der Waals surface area contributed by atoms with Crippen molar-refractivity contribution in [3.63, 3.8) is 0 Å². The number of pyridine rings is 1. The van der Waals surface area contributed by atoms with E-state index in [1.165, 1.54) is 6.42 Å². The Labute approximate surface area is 109 Å². The van der Waals surface area contributed by atoms with Crippen molar-refractivity contribution in [2.45, 2.75) is 38.2 Å². The van der Waals surface area contributed by atoms with Crippen molar-refractivity contribution in [3.05, 3.63) is 18.3 Å². The third kappa shape index (κ3) is 3.35. The Bertz CT molecular complexity index is 396. The van der Waals surface area contributed by atoms with E-state index in [2.05, 4.69) is 22.5 Å². The van der Waals surface area contributed by atoms with E-state index in [9.17, 15) is 5.11 Å². The maximum atomic E-state index is 10.5. The highest BCUT2D eigenvalue weighted by atomic mass is 16.3. The van der Waals surface area contributed by atoms with Crippen LogP contribution in [0.4, 0.5) is 11.5 Å². The van der Waals surface area contributed by atoms with Crippen LogP contribution >= 0.6 is 0 Å². The predicted octanol–water partition coefficient (Wildman–Crippen LogP) is 2.48. The first kappa shape index (κ1) is 13.1. The van der Waals surface area contributed by atoms with E-state index in [1.54, 1.807) is 6.20 Å². The summed E-state index contributed by atoms with van der Waals surface area (Å²) in [7, 11) is 1.85. The number of rotatable bonds is 4. The van der Waals surface area contributed by atoms with Gasteiger partial charge in [0.05, 0.1) is 5.60 Å². The molecule has 1 aromatic rings. The minimum atomic E-state index is -0.555. The Morgan fingerprint density at radius 1 is 1.56 bits per heavy atom. The molecule has 1 saturated carbocycles. The maximum absolute atomic E-state index is 10.5. The van der Waals surface area contributed by atoms with Crippen LogP contribution in [0.2, 0.25) is 0 Å². The van der Waals surface area contributed by atoms with Crippen LogP contribution in [-0.4, -0.2) is 29.3 Å². The van der Waals surface area contributed by atoms with Gasteiger partial charge in [-0.2, -0.15) is 0 Å². The van der Waals surface area contributed by atoms with Gasteiger partial charge in [0.2, 0.25) is 0 Å². The molecule has 18 heavy (non-hydrogen) atoms. The van der Waals surface area contributed by atoms with Gasteiger partial charge in [-0.3, -0.25) is 0 Å². The lowest BCUT2D eigenvalue weighted by molar-refractivity contribution is -0.000762. The van der Waals surface area contributed by atoms with Gasteiger partial charge in [0.25, 0.3) is 0 Å². The summed E-state index contributed by atoms with van der Waals surface area (Å²) in [5, 5.41) is 16.9. The molecule has 0 amide bonds. The molecule has 4 heteroatoms. The van der Waals surface area contributed by atoms with Crippen LogP contribution in [0.1, 0.15) is 32.6 Å². The molecule has 4 nitrogen and oxygen atoms in total. The van der Waals surface area contributed by atoms with E-state index in [-0.39, 0.29) is 0 Å². The van der Waals surface area contributed by atoms with Crippen LogP contribution in [0.25, 0.3) is 0 Å². The van der Waals surface area contributed by atoms with E-state index in [0.717, 1.165) is 30.8 Å². The molecule has 2 unspecified atom stereocenters. The Morgan fingerprint density at radius 3 is 3.11 bits per heavy atom. The standard InChI is InChI=1S/C14H23N3O/c1-11-4-3-6-14(18,9-11)10-17-12-5-7-16-13(8-12)15-2/h5,7-8,11,18H,3-4,6,9-10H2,1-2H3,(H2,15,16,17). The molecule has 1 aromatic heterocycles. The molecule has 1 aliphatic rings. The normalized spacial score (nSPS) is 27.8. The molecule has 0 radical (unpaired) electrons. The molecule has 0 spiro atoms. The quantitative estimate of drug-likeness (QED) is 0.767. The van der Waals surface area contributed by atoms with Gasteiger partial charge < -0.3 is 15.7 Å². The van der Waals surface area contributed by atoms with Crippen molar-refractivity contribution in [1.29, 1.82) is 0 Å². The minimum Gasteiger partial charge on any atom is -0.388 e. The van der Waals surface area contributed by atoms with E-state index in [0.29, 0.717) is 12.5 Å². The fourth-order valence-corrected chi connectivity index (χ4v) is 2.74. The van der Waals surface area contributed by atoms with E-state index in [1.807, 2.05) is 19.2 Å². The summed E-state index contributed by atoms with van der Waals surface area (Å²) in [6, 6.07) is 3.88. The van der Waals surface area contributed by atoms with Gasteiger partial charge in [-0.15, -0.1) is 0 Å². The lowest BCUT2D eigenvalue weighted by Gasteiger charge is -2.35. The molecular weight excluding hydrogens is 226 g/mol. The summed E-state index contributed by atoms with van der Waals surface area (Å²) in [6.07, 6.45) is 5.92. The Balaban J connectivity index is 1.93. The highest BCUT2D eigenvalue weighted by Crippen LogP contribution is 2.32. The van der Waals surface area contributed by atoms with Gasteiger partial charge in [-0.25, -0.2) is 4.98 Å². The number of nitrogens with one attached hydrogen (secondary N) is 2. The summed E-state index contributed by atoms with van der Waals surface area (Å²) in [5.41, 5.74) is 0.446. The smallest absolute Gasteiger partial charge is 0.127 e. The van der Waals surface area contributed by atoms with Crippen molar-refractivity contribution in [2.24, 2.45) is 5.92 Å². The van der Waals surface area contributed by atoms with Crippen molar-refractivity contribution in [2.75, 3.05) is 24.2 Å². The predicted molar refractivity (Wildman–Crippen MR) is 74.9 cm³/mol.